The van der Waals surface area contributed by atoms with E-state index < -0.39 is 5.97 Å². The first-order valence-corrected chi connectivity index (χ1v) is 11.1. The van der Waals surface area contributed by atoms with Gasteiger partial charge in [0.05, 0.1) is 19.0 Å². The van der Waals surface area contributed by atoms with Crippen molar-refractivity contribution >= 4 is 22.6 Å². The van der Waals surface area contributed by atoms with Gasteiger partial charge in [-0.3, -0.25) is 9.59 Å². The van der Waals surface area contributed by atoms with Gasteiger partial charge in [-0.2, -0.15) is 5.10 Å². The largest absolute Gasteiger partial charge is 0.497 e. The van der Waals surface area contributed by atoms with E-state index in [-0.39, 0.29) is 18.9 Å². The minimum Gasteiger partial charge on any atom is -0.497 e. The van der Waals surface area contributed by atoms with E-state index in [9.17, 15) is 9.59 Å². The molecule has 4 rings (SSSR count). The summed E-state index contributed by atoms with van der Waals surface area (Å²) in [7, 11) is 3.34. The van der Waals surface area contributed by atoms with Crippen LogP contribution in [0.25, 0.3) is 16.5 Å². The van der Waals surface area contributed by atoms with Crippen LogP contribution in [0.1, 0.15) is 17.5 Å². The summed E-state index contributed by atoms with van der Waals surface area (Å²) in [5.74, 6) is 0.147. The smallest absolute Gasteiger partial charge is 0.306 e. The maximum Gasteiger partial charge on any atom is 0.306 e. The molecule has 0 saturated heterocycles. The Hall–Kier alpha value is -4.13. The molecule has 3 aromatic carbocycles. The van der Waals surface area contributed by atoms with Gasteiger partial charge in [0.1, 0.15) is 5.75 Å². The number of benzene rings is 3. The summed E-state index contributed by atoms with van der Waals surface area (Å²) in [4.78, 5) is 26.2. The molecule has 0 atom stereocenters. The van der Waals surface area contributed by atoms with Gasteiger partial charge < -0.3 is 14.4 Å². The monoisotopic (exact) mass is 457 g/mol. The zero-order valence-corrected chi connectivity index (χ0v) is 19.3. The van der Waals surface area contributed by atoms with Crippen molar-refractivity contribution in [2.75, 3.05) is 20.8 Å². The number of likely N-dealkylation sites (N-methyl/N-ethyl adjacent to an activating group) is 1. The summed E-state index contributed by atoms with van der Waals surface area (Å²) >= 11 is 0. The SMILES string of the molecule is COc1ccc2cc(CN(C)C(=O)COC(=O)CCc3cnn(-c4ccccc4)c3)ccc2c1. The Morgan fingerprint density at radius 1 is 0.971 bits per heavy atom. The van der Waals surface area contributed by atoms with E-state index in [0.29, 0.717) is 13.0 Å². The highest BCUT2D eigenvalue weighted by atomic mass is 16.5. The molecular formula is C27H27N3O4. The summed E-state index contributed by atoms with van der Waals surface area (Å²) in [5.41, 5.74) is 2.88. The van der Waals surface area contributed by atoms with Gasteiger partial charge in [0.2, 0.25) is 0 Å². The van der Waals surface area contributed by atoms with Gasteiger partial charge in [-0.15, -0.1) is 0 Å². The van der Waals surface area contributed by atoms with E-state index in [1.807, 2.05) is 72.9 Å². The second kappa shape index (κ2) is 10.7. The molecule has 1 aromatic heterocycles. The van der Waals surface area contributed by atoms with E-state index in [4.69, 9.17) is 9.47 Å². The lowest BCUT2D eigenvalue weighted by Crippen LogP contribution is -2.30. The number of hydrogen-bond donors (Lipinski definition) is 0. The van der Waals surface area contributed by atoms with Crippen molar-refractivity contribution in [3.8, 4) is 11.4 Å². The van der Waals surface area contributed by atoms with Gasteiger partial charge >= 0.3 is 5.97 Å². The lowest BCUT2D eigenvalue weighted by atomic mass is 10.1. The molecule has 0 fully saturated rings. The van der Waals surface area contributed by atoms with E-state index in [0.717, 1.165) is 33.3 Å². The summed E-state index contributed by atoms with van der Waals surface area (Å²) in [6.07, 6.45) is 4.31. The third-order valence-corrected chi connectivity index (χ3v) is 5.59. The number of carbonyl (C=O) groups is 2. The highest BCUT2D eigenvalue weighted by Crippen LogP contribution is 2.22. The molecule has 1 amide bonds. The topological polar surface area (TPSA) is 73.7 Å². The zero-order valence-electron chi connectivity index (χ0n) is 19.3. The summed E-state index contributed by atoms with van der Waals surface area (Å²) in [6.45, 7) is 0.153. The highest BCUT2D eigenvalue weighted by Gasteiger charge is 2.13. The fourth-order valence-corrected chi connectivity index (χ4v) is 3.64. The van der Waals surface area contributed by atoms with Crippen LogP contribution in [0.15, 0.2) is 79.1 Å². The van der Waals surface area contributed by atoms with E-state index in [2.05, 4.69) is 5.10 Å². The van der Waals surface area contributed by atoms with Gasteiger partial charge in [-0.05, 0) is 58.7 Å². The molecule has 4 aromatic rings. The molecular weight excluding hydrogens is 430 g/mol. The molecule has 0 N–H and O–H groups in total. The maximum absolute atomic E-state index is 12.5. The Kier molecular flexibility index (Phi) is 7.22. The van der Waals surface area contributed by atoms with Crippen molar-refractivity contribution in [2.45, 2.75) is 19.4 Å². The first-order chi connectivity index (χ1) is 16.5. The van der Waals surface area contributed by atoms with Gasteiger partial charge in [0.15, 0.2) is 6.61 Å². The van der Waals surface area contributed by atoms with Crippen molar-refractivity contribution in [1.29, 1.82) is 0 Å². The van der Waals surface area contributed by atoms with Crippen LogP contribution in [-0.4, -0.2) is 47.3 Å². The minimum atomic E-state index is -0.408. The minimum absolute atomic E-state index is 0.186. The zero-order chi connectivity index (χ0) is 23.9. The van der Waals surface area contributed by atoms with Gasteiger partial charge in [-0.25, -0.2) is 4.68 Å². The van der Waals surface area contributed by atoms with E-state index in [1.54, 1.807) is 29.9 Å². The van der Waals surface area contributed by atoms with Crippen LogP contribution in [0, 0.1) is 0 Å². The number of para-hydroxylation sites is 1. The quantitative estimate of drug-likeness (QED) is 0.353. The fraction of sp³-hybridized carbons (Fsp3) is 0.222. The number of hydrogen-bond acceptors (Lipinski definition) is 5. The molecule has 34 heavy (non-hydrogen) atoms. The van der Waals surface area contributed by atoms with Gasteiger partial charge in [0, 0.05) is 26.2 Å². The maximum atomic E-state index is 12.5. The first-order valence-electron chi connectivity index (χ1n) is 11.1. The Morgan fingerprint density at radius 3 is 2.53 bits per heavy atom. The fourth-order valence-electron chi connectivity index (χ4n) is 3.64. The lowest BCUT2D eigenvalue weighted by molar-refractivity contribution is -0.151. The number of nitrogens with zero attached hydrogens (tertiary/aromatic N) is 3. The number of ether oxygens (including phenoxy) is 2. The molecule has 0 aliphatic heterocycles. The standard InChI is InChI=1S/C27H27N3O4/c1-29(17-20-8-10-23-15-25(33-2)12-11-22(23)14-20)26(31)19-34-27(32)13-9-21-16-28-30(18-21)24-6-4-3-5-7-24/h3-8,10-12,14-16,18H,9,13,17,19H2,1-2H3. The van der Waals surface area contributed by atoms with Crippen molar-refractivity contribution in [1.82, 2.24) is 14.7 Å². The molecule has 0 radical (unpaired) electrons. The molecule has 0 saturated carbocycles. The van der Waals surface area contributed by atoms with E-state index >= 15 is 0 Å². The van der Waals surface area contributed by atoms with Crippen molar-refractivity contribution < 1.29 is 19.1 Å². The first kappa shape index (κ1) is 23.0. The molecule has 0 bridgehead atoms. The Labute approximate surface area is 198 Å². The summed E-state index contributed by atoms with van der Waals surface area (Å²) in [5, 5.41) is 6.47. The molecule has 7 heteroatoms. The molecule has 174 valence electrons. The molecule has 0 spiro atoms. The van der Waals surface area contributed by atoms with Crippen LogP contribution in [0.2, 0.25) is 0 Å². The second-order valence-electron chi connectivity index (χ2n) is 8.09. The molecule has 7 nitrogen and oxygen atoms in total. The van der Waals surface area contributed by atoms with Gasteiger partial charge in [-0.1, -0.05) is 36.4 Å². The van der Waals surface area contributed by atoms with Gasteiger partial charge in [0.25, 0.3) is 5.91 Å². The van der Waals surface area contributed by atoms with E-state index in [1.165, 1.54) is 0 Å². The third-order valence-electron chi connectivity index (χ3n) is 5.59. The van der Waals surface area contributed by atoms with Crippen molar-refractivity contribution in [3.63, 3.8) is 0 Å². The number of methoxy groups -OCH3 is 1. The predicted molar refractivity (Wildman–Crippen MR) is 130 cm³/mol. The predicted octanol–water partition coefficient (Wildman–Crippen LogP) is 4.17. The van der Waals surface area contributed by atoms with Crippen LogP contribution in [0.3, 0.4) is 0 Å². The highest BCUT2D eigenvalue weighted by molar-refractivity contribution is 5.85. The number of carbonyl (C=O) groups excluding carboxylic acids is 2. The van der Waals surface area contributed by atoms with Crippen LogP contribution in [0.4, 0.5) is 0 Å². The second-order valence-corrected chi connectivity index (χ2v) is 8.09. The number of aryl methyl sites for hydroxylation is 1. The van der Waals surface area contributed by atoms with Crippen molar-refractivity contribution in [2.24, 2.45) is 0 Å². The Balaban J connectivity index is 1.23. The Bertz CT molecular complexity index is 1280. The summed E-state index contributed by atoms with van der Waals surface area (Å²) in [6, 6.07) is 21.7. The van der Waals surface area contributed by atoms with Crippen LogP contribution < -0.4 is 4.74 Å². The van der Waals surface area contributed by atoms with Crippen molar-refractivity contribution in [3.05, 3.63) is 90.3 Å². The number of aromatic nitrogens is 2. The number of fused-ring (bicyclic) bond motifs is 1. The van der Waals surface area contributed by atoms with Crippen LogP contribution in [-0.2, 0) is 27.3 Å². The average molecular weight is 458 g/mol. The number of esters is 1. The average Bonchev–Trinajstić information content (AvgIpc) is 3.35. The number of rotatable bonds is 9. The molecule has 0 aliphatic carbocycles. The molecule has 0 aliphatic rings. The lowest BCUT2D eigenvalue weighted by Gasteiger charge is -2.17. The molecule has 0 unspecified atom stereocenters. The molecule has 1 heterocycles. The Morgan fingerprint density at radius 2 is 1.74 bits per heavy atom. The normalized spacial score (nSPS) is 10.8. The number of amides is 1. The third kappa shape index (κ3) is 5.81. The van der Waals surface area contributed by atoms with Crippen LogP contribution in [0.5, 0.6) is 5.75 Å². The van der Waals surface area contributed by atoms with Crippen LogP contribution >= 0.6 is 0 Å². The summed E-state index contributed by atoms with van der Waals surface area (Å²) < 4.78 is 12.2.